The number of carbonyl (C=O) groups excluding carboxylic acids is 1. The van der Waals surface area contributed by atoms with Crippen LogP contribution >= 0.6 is 0 Å². The number of hydrogen-bond acceptors (Lipinski definition) is 8. The van der Waals surface area contributed by atoms with Crippen molar-refractivity contribution in [3.8, 4) is 23.0 Å². The lowest BCUT2D eigenvalue weighted by Crippen LogP contribution is -2.30. The Bertz CT molecular complexity index is 1530. The number of rotatable bonds is 6. The molecule has 0 aliphatic carbocycles. The maximum absolute atomic E-state index is 9.58. The molecule has 0 saturated carbocycles. The van der Waals surface area contributed by atoms with E-state index in [-0.39, 0.29) is 0 Å². The number of methoxy groups -OCH3 is 4. The van der Waals surface area contributed by atoms with Crippen molar-refractivity contribution >= 4 is 43.1 Å². The van der Waals surface area contributed by atoms with Gasteiger partial charge in [0.15, 0.2) is 34.9 Å². The molecule has 4 aromatic rings. The second-order valence-electron chi connectivity index (χ2n) is 7.46. The van der Waals surface area contributed by atoms with Crippen LogP contribution in [0.1, 0.15) is 5.69 Å². The van der Waals surface area contributed by atoms with Crippen molar-refractivity contribution in [1.82, 2.24) is 0 Å². The first kappa shape index (κ1) is 25.8. The Labute approximate surface area is 202 Å². The van der Waals surface area contributed by atoms with E-state index in [1.807, 2.05) is 18.2 Å². The van der Waals surface area contributed by atoms with Gasteiger partial charge in [0.2, 0.25) is 5.52 Å². The fourth-order valence-electron chi connectivity index (χ4n) is 3.88. The third-order valence-electron chi connectivity index (χ3n) is 5.41. The third-order valence-corrected chi connectivity index (χ3v) is 6.01. The lowest BCUT2D eigenvalue weighted by atomic mass is 10.0. The zero-order chi connectivity index (χ0) is 25.9. The molecule has 0 atom stereocenters. The Kier molecular flexibility index (Phi) is 7.51. The van der Waals surface area contributed by atoms with E-state index in [9.17, 15) is 18.3 Å². The zero-order valence-electron chi connectivity index (χ0n) is 19.8. The van der Waals surface area contributed by atoms with Crippen LogP contribution in [0.4, 0.5) is 0 Å². The van der Waals surface area contributed by atoms with Crippen LogP contribution in [0.2, 0.25) is 0 Å². The summed E-state index contributed by atoms with van der Waals surface area (Å²) in [4.78, 5) is 9.36. The largest absolute Gasteiger partial charge is 0.549 e. The van der Waals surface area contributed by atoms with Crippen LogP contribution in [-0.2, 0) is 14.9 Å². The van der Waals surface area contributed by atoms with Crippen LogP contribution in [-0.4, -0.2) is 53.1 Å². The first-order chi connectivity index (χ1) is 16.5. The van der Waals surface area contributed by atoms with Crippen molar-refractivity contribution in [2.45, 2.75) is 6.92 Å². The van der Waals surface area contributed by atoms with Crippen LogP contribution in [0.5, 0.6) is 23.0 Å². The molecule has 0 fully saturated rings. The predicted octanol–water partition coefficient (Wildman–Crippen LogP) is 1.70. The van der Waals surface area contributed by atoms with E-state index in [1.165, 1.54) is 0 Å². The molecule has 2 heterocycles. The standard InChI is InChI=1S/C22H22NO4.C2H4O5S/c1-13-15-6-7-19(24-2)22(27-5)17(15)11-18-16-12-21(26-4)20(25-3)10-14(16)8-9-23(13)18;3-2(4)1-8(5,6)7/h6-12H,1-5H3;1H2,(H,3,4)(H,5,6,7)/q+1;/p-1. The molecule has 35 heavy (non-hydrogen) atoms. The number of carboxylic acid groups (broad SMARTS) is 1. The molecule has 186 valence electrons. The molecule has 10 nitrogen and oxygen atoms in total. The van der Waals surface area contributed by atoms with E-state index in [0.717, 1.165) is 38.5 Å². The molecule has 0 unspecified atom stereocenters. The van der Waals surface area contributed by atoms with Crippen molar-refractivity contribution in [2.75, 3.05) is 34.2 Å². The van der Waals surface area contributed by atoms with Gasteiger partial charge in [-0.25, -0.2) is 0 Å². The summed E-state index contributed by atoms with van der Waals surface area (Å²) < 4.78 is 51.2. The average molecular weight is 504 g/mol. The van der Waals surface area contributed by atoms with Crippen molar-refractivity contribution < 1.29 is 46.2 Å². The normalized spacial score (nSPS) is 11.1. The van der Waals surface area contributed by atoms with Gasteiger partial charge in [0.25, 0.3) is 10.1 Å². The Balaban J connectivity index is 0.000000371. The van der Waals surface area contributed by atoms with Gasteiger partial charge < -0.3 is 28.8 Å². The zero-order valence-corrected chi connectivity index (χ0v) is 20.6. The molecular formula is C24H25NO9S. The first-order valence-corrected chi connectivity index (χ1v) is 11.8. The highest BCUT2D eigenvalue weighted by atomic mass is 32.2. The number of benzene rings is 2. The van der Waals surface area contributed by atoms with E-state index < -0.39 is 21.8 Å². The number of aromatic nitrogens is 1. The fourth-order valence-corrected chi connectivity index (χ4v) is 4.18. The number of carboxylic acids is 1. The van der Waals surface area contributed by atoms with E-state index in [4.69, 9.17) is 23.5 Å². The van der Waals surface area contributed by atoms with Gasteiger partial charge in [0, 0.05) is 24.4 Å². The van der Waals surface area contributed by atoms with Gasteiger partial charge in [-0.05, 0) is 29.7 Å². The van der Waals surface area contributed by atoms with Gasteiger partial charge in [-0.15, -0.1) is 0 Å². The van der Waals surface area contributed by atoms with Crippen LogP contribution in [0.25, 0.3) is 27.1 Å². The van der Waals surface area contributed by atoms with Crippen molar-refractivity contribution in [3.05, 3.63) is 48.3 Å². The summed E-state index contributed by atoms with van der Waals surface area (Å²) in [5.41, 5.74) is 2.19. The smallest absolute Gasteiger partial charge is 0.270 e. The number of nitrogens with zero attached hydrogens (tertiary/aromatic N) is 1. The summed E-state index contributed by atoms with van der Waals surface area (Å²) in [5.74, 6) is -0.286. The molecule has 0 aliphatic rings. The van der Waals surface area contributed by atoms with Gasteiger partial charge in [-0.1, -0.05) is 0 Å². The molecular weight excluding hydrogens is 478 g/mol. The number of aryl methyl sites for hydroxylation is 1. The number of carbonyl (C=O) groups is 1. The third kappa shape index (κ3) is 5.31. The summed E-state index contributed by atoms with van der Waals surface area (Å²) >= 11 is 0. The van der Waals surface area contributed by atoms with Crippen molar-refractivity contribution in [2.24, 2.45) is 0 Å². The summed E-state index contributed by atoms with van der Waals surface area (Å²) in [5, 5.41) is 13.6. The van der Waals surface area contributed by atoms with E-state index in [2.05, 4.69) is 35.7 Å². The Morgan fingerprint density at radius 1 is 0.886 bits per heavy atom. The molecule has 0 aliphatic heterocycles. The molecule has 0 radical (unpaired) electrons. The van der Waals surface area contributed by atoms with Gasteiger partial charge in [0.05, 0.1) is 45.2 Å². The molecule has 2 aromatic heterocycles. The van der Waals surface area contributed by atoms with Gasteiger partial charge >= 0.3 is 0 Å². The average Bonchev–Trinajstić information content (AvgIpc) is 2.81. The number of hydrogen-bond donors (Lipinski definition) is 1. The number of pyridine rings is 2. The second kappa shape index (κ2) is 10.2. The highest BCUT2D eigenvalue weighted by molar-refractivity contribution is 7.86. The fraction of sp³-hybridized carbons (Fsp3) is 0.250. The van der Waals surface area contributed by atoms with Crippen molar-refractivity contribution in [3.63, 3.8) is 0 Å². The van der Waals surface area contributed by atoms with Crippen LogP contribution in [0, 0.1) is 6.92 Å². The van der Waals surface area contributed by atoms with Gasteiger partial charge in [0.1, 0.15) is 5.75 Å². The lowest BCUT2D eigenvalue weighted by Gasteiger charge is -2.12. The number of aliphatic carboxylic acids is 1. The van der Waals surface area contributed by atoms with Crippen LogP contribution in [0.3, 0.4) is 0 Å². The summed E-state index contributed by atoms with van der Waals surface area (Å²) in [6, 6.07) is 12.2. The summed E-state index contributed by atoms with van der Waals surface area (Å²) in [6.07, 6.45) is 2.08. The monoisotopic (exact) mass is 503 g/mol. The molecule has 0 amide bonds. The molecule has 0 spiro atoms. The highest BCUT2D eigenvalue weighted by Gasteiger charge is 2.20. The summed E-state index contributed by atoms with van der Waals surface area (Å²) in [7, 11) is 2.23. The Morgan fingerprint density at radius 3 is 2.03 bits per heavy atom. The van der Waals surface area contributed by atoms with Gasteiger partial charge in [-0.3, -0.25) is 4.55 Å². The van der Waals surface area contributed by atoms with E-state index >= 15 is 0 Å². The minimum absolute atomic E-state index is 0.702. The van der Waals surface area contributed by atoms with Crippen molar-refractivity contribution in [1.29, 1.82) is 0 Å². The second-order valence-corrected chi connectivity index (χ2v) is 8.91. The van der Waals surface area contributed by atoms with Gasteiger partial charge in [-0.2, -0.15) is 12.8 Å². The molecule has 11 heteroatoms. The first-order valence-electron chi connectivity index (χ1n) is 10.2. The minimum atomic E-state index is -4.39. The van der Waals surface area contributed by atoms with Crippen LogP contribution in [0.15, 0.2) is 42.6 Å². The highest BCUT2D eigenvalue weighted by Crippen LogP contribution is 2.38. The topological polar surface area (TPSA) is 136 Å². The molecule has 0 bridgehead atoms. The minimum Gasteiger partial charge on any atom is -0.549 e. The summed E-state index contributed by atoms with van der Waals surface area (Å²) in [6.45, 7) is 2.10. The van der Waals surface area contributed by atoms with Crippen LogP contribution < -0.4 is 28.5 Å². The Hall–Kier alpha value is -3.83. The molecule has 1 N–H and O–H groups in total. The lowest BCUT2D eigenvalue weighted by molar-refractivity contribution is -0.516. The molecule has 2 aromatic carbocycles. The number of ether oxygens (including phenoxy) is 4. The predicted molar refractivity (Wildman–Crippen MR) is 127 cm³/mol. The molecule has 4 rings (SSSR count). The molecule has 0 saturated heterocycles. The van der Waals surface area contributed by atoms with E-state index in [0.29, 0.717) is 17.2 Å². The Morgan fingerprint density at radius 2 is 1.51 bits per heavy atom. The quantitative estimate of drug-likeness (QED) is 0.180. The van der Waals surface area contributed by atoms with E-state index in [1.54, 1.807) is 28.4 Å². The SMILES string of the molecule is COc1cc2cc[n+]3c(C)c4ccc(OC)c(OC)c4cc3c2cc1OC.O=C([O-])CS(=O)(=O)O. The maximum atomic E-state index is 9.58. The maximum Gasteiger partial charge on any atom is 0.270 e. The number of fused-ring (bicyclic) bond motifs is 4.